The van der Waals surface area contributed by atoms with Crippen LogP contribution in [0.4, 0.5) is 8.78 Å². The van der Waals surface area contributed by atoms with Gasteiger partial charge in [0.2, 0.25) is 0 Å². The zero-order valence-corrected chi connectivity index (χ0v) is 11.2. The second-order valence-electron chi connectivity index (χ2n) is 4.79. The Morgan fingerprint density at radius 1 is 1.24 bits per heavy atom. The summed E-state index contributed by atoms with van der Waals surface area (Å²) in [7, 11) is -3.07. The van der Waals surface area contributed by atoms with Gasteiger partial charge in [0.15, 0.2) is 0 Å². The van der Waals surface area contributed by atoms with Crippen molar-refractivity contribution >= 4 is 25.8 Å². The quantitative estimate of drug-likeness (QED) is 0.763. The monoisotopic (exact) mass is 260 g/mol. The zero-order chi connectivity index (χ0) is 13.4. The first kappa shape index (κ1) is 14.1. The van der Waals surface area contributed by atoms with Gasteiger partial charge in [-0.2, -0.15) is 0 Å². The molecule has 17 heavy (non-hydrogen) atoms. The van der Waals surface area contributed by atoms with E-state index in [0.29, 0.717) is 0 Å². The summed E-state index contributed by atoms with van der Waals surface area (Å²) in [5.74, 6) is -1.82. The number of ether oxygens (including phenoxy) is 1. The molecule has 3 nitrogen and oxygen atoms in total. The van der Waals surface area contributed by atoms with E-state index in [1.165, 1.54) is 7.11 Å². The Hall–Kier alpha value is -0.918. The minimum Gasteiger partial charge on any atom is -0.497 e. The summed E-state index contributed by atoms with van der Waals surface area (Å²) in [6, 6.07) is 0.992. The fraction of sp³-hybridized carbons (Fsp3) is 0.400. The Kier molecular flexibility index (Phi) is 3.96. The summed E-state index contributed by atoms with van der Waals surface area (Å²) in [6.07, 6.45) is 0. The van der Waals surface area contributed by atoms with E-state index in [1.54, 1.807) is 19.6 Å². The summed E-state index contributed by atoms with van der Waals surface area (Å²) >= 11 is 0. The van der Waals surface area contributed by atoms with E-state index in [-0.39, 0.29) is 10.9 Å². The van der Waals surface area contributed by atoms with Crippen LogP contribution in [-0.4, -0.2) is 32.4 Å². The van der Waals surface area contributed by atoms with Gasteiger partial charge in [-0.25, -0.2) is 8.78 Å². The fourth-order valence-corrected chi connectivity index (χ4v) is 3.29. The molecule has 0 saturated carbocycles. The average Bonchev–Trinajstić information content (AvgIpc) is 2.13. The van der Waals surface area contributed by atoms with Crippen LogP contribution < -0.4 is 15.4 Å². The molecular formula is C10H15BF2O3Si. The van der Waals surface area contributed by atoms with Crippen molar-refractivity contribution in [1.29, 1.82) is 0 Å². The molecule has 0 radical (unpaired) electrons. The third-order valence-electron chi connectivity index (χ3n) is 2.45. The van der Waals surface area contributed by atoms with Gasteiger partial charge in [0.05, 0.1) is 20.6 Å². The number of halogens is 2. The van der Waals surface area contributed by atoms with Crippen molar-refractivity contribution in [2.45, 2.75) is 19.6 Å². The lowest BCUT2D eigenvalue weighted by Gasteiger charge is -2.21. The van der Waals surface area contributed by atoms with Crippen LogP contribution in [0.2, 0.25) is 19.6 Å². The summed E-state index contributed by atoms with van der Waals surface area (Å²) < 4.78 is 32.7. The van der Waals surface area contributed by atoms with Gasteiger partial charge in [-0.3, -0.25) is 0 Å². The number of hydrogen-bond donors (Lipinski definition) is 2. The van der Waals surface area contributed by atoms with Crippen LogP contribution >= 0.6 is 0 Å². The lowest BCUT2D eigenvalue weighted by molar-refractivity contribution is 0.396. The molecule has 0 unspecified atom stereocenters. The first-order chi connectivity index (χ1) is 7.70. The van der Waals surface area contributed by atoms with Crippen LogP contribution in [0.1, 0.15) is 0 Å². The summed E-state index contributed by atoms with van der Waals surface area (Å²) in [6.45, 7) is 5.32. The van der Waals surface area contributed by atoms with Crippen molar-refractivity contribution < 1.29 is 23.6 Å². The molecule has 0 fully saturated rings. The molecule has 7 heteroatoms. The van der Waals surface area contributed by atoms with Crippen LogP contribution in [0.5, 0.6) is 5.75 Å². The van der Waals surface area contributed by atoms with Crippen LogP contribution in [-0.2, 0) is 0 Å². The highest BCUT2D eigenvalue weighted by molar-refractivity contribution is 6.89. The Morgan fingerprint density at radius 2 is 1.76 bits per heavy atom. The van der Waals surface area contributed by atoms with E-state index in [4.69, 9.17) is 14.8 Å². The topological polar surface area (TPSA) is 49.7 Å². The van der Waals surface area contributed by atoms with Crippen molar-refractivity contribution in [2.24, 2.45) is 0 Å². The summed E-state index contributed by atoms with van der Waals surface area (Å²) in [4.78, 5) is 0. The average molecular weight is 260 g/mol. The number of benzene rings is 1. The highest BCUT2D eigenvalue weighted by Crippen LogP contribution is 2.16. The molecule has 0 bridgehead atoms. The lowest BCUT2D eigenvalue weighted by atomic mass is 9.79. The SMILES string of the molecule is COc1cc(F)c([Si](C)(C)C)c(F)c1B(O)O. The fourth-order valence-electron chi connectivity index (χ4n) is 1.71. The molecule has 2 N–H and O–H groups in total. The van der Waals surface area contributed by atoms with Gasteiger partial charge >= 0.3 is 7.12 Å². The normalized spacial score (nSPS) is 11.5. The van der Waals surface area contributed by atoms with Crippen LogP contribution in [0.15, 0.2) is 6.07 Å². The van der Waals surface area contributed by atoms with E-state index >= 15 is 0 Å². The summed E-state index contributed by atoms with van der Waals surface area (Å²) in [5, 5.41) is 18.2. The molecule has 0 saturated heterocycles. The van der Waals surface area contributed by atoms with Gasteiger partial charge in [0.25, 0.3) is 0 Å². The standard InChI is InChI=1S/C10H15BF2O3Si/c1-16-7-5-6(12)10(17(2,3)4)9(13)8(7)11(14)15/h5,14-15H,1-4H3. The van der Waals surface area contributed by atoms with Crippen LogP contribution in [0.25, 0.3) is 0 Å². The van der Waals surface area contributed by atoms with Crippen LogP contribution in [0, 0.1) is 11.6 Å². The Balaban J connectivity index is 3.61. The van der Waals surface area contributed by atoms with Crippen LogP contribution in [0.3, 0.4) is 0 Å². The minimum absolute atomic E-state index is 0.0543. The zero-order valence-electron chi connectivity index (χ0n) is 10.2. The van der Waals surface area contributed by atoms with Crippen molar-refractivity contribution in [2.75, 3.05) is 7.11 Å². The maximum Gasteiger partial charge on any atom is 0.495 e. The summed E-state index contributed by atoms with van der Waals surface area (Å²) in [5.41, 5.74) is -0.411. The Morgan fingerprint density at radius 3 is 2.12 bits per heavy atom. The third kappa shape index (κ3) is 2.67. The van der Waals surface area contributed by atoms with E-state index in [0.717, 1.165) is 6.07 Å². The number of rotatable bonds is 3. The van der Waals surface area contributed by atoms with Crippen molar-refractivity contribution in [3.63, 3.8) is 0 Å². The third-order valence-corrected chi connectivity index (χ3v) is 4.40. The van der Waals surface area contributed by atoms with E-state index < -0.39 is 32.3 Å². The van der Waals surface area contributed by atoms with Crippen molar-refractivity contribution in [3.05, 3.63) is 17.7 Å². The molecule has 0 aromatic heterocycles. The Labute approximate surface area is 100 Å². The largest absolute Gasteiger partial charge is 0.497 e. The smallest absolute Gasteiger partial charge is 0.495 e. The van der Waals surface area contributed by atoms with Gasteiger partial charge in [-0.1, -0.05) is 19.6 Å². The molecule has 0 aliphatic heterocycles. The highest BCUT2D eigenvalue weighted by Gasteiger charge is 2.32. The molecule has 0 aliphatic rings. The predicted octanol–water partition coefficient (Wildman–Crippen LogP) is 0.198. The predicted molar refractivity (Wildman–Crippen MR) is 65.7 cm³/mol. The van der Waals surface area contributed by atoms with Crippen molar-refractivity contribution in [3.8, 4) is 5.75 Å². The maximum atomic E-state index is 14.1. The van der Waals surface area contributed by atoms with Gasteiger partial charge in [-0.05, 0) is 0 Å². The molecule has 94 valence electrons. The minimum atomic E-state index is -2.26. The molecule has 0 aliphatic carbocycles. The number of hydrogen-bond acceptors (Lipinski definition) is 3. The number of methoxy groups -OCH3 is 1. The second-order valence-corrected chi connectivity index (χ2v) is 9.79. The molecular weight excluding hydrogens is 245 g/mol. The second kappa shape index (κ2) is 4.75. The van der Waals surface area contributed by atoms with Gasteiger partial charge in [0.1, 0.15) is 17.4 Å². The molecule has 1 rings (SSSR count). The van der Waals surface area contributed by atoms with Gasteiger partial charge in [0, 0.05) is 11.3 Å². The highest BCUT2D eigenvalue weighted by atomic mass is 28.3. The Bertz CT molecular complexity index is 433. The van der Waals surface area contributed by atoms with E-state index in [1.807, 2.05) is 0 Å². The lowest BCUT2D eigenvalue weighted by Crippen LogP contribution is -2.48. The molecule has 0 heterocycles. The first-order valence-electron chi connectivity index (χ1n) is 5.12. The molecule has 0 atom stereocenters. The maximum absolute atomic E-state index is 14.1. The van der Waals surface area contributed by atoms with E-state index in [2.05, 4.69) is 0 Å². The molecule has 0 spiro atoms. The molecule has 1 aromatic rings. The van der Waals surface area contributed by atoms with Gasteiger partial charge < -0.3 is 14.8 Å². The van der Waals surface area contributed by atoms with Gasteiger partial charge in [-0.15, -0.1) is 0 Å². The molecule has 1 aromatic carbocycles. The van der Waals surface area contributed by atoms with Crippen molar-refractivity contribution in [1.82, 2.24) is 0 Å². The van der Waals surface area contributed by atoms with E-state index in [9.17, 15) is 8.78 Å². The molecule has 0 amide bonds. The first-order valence-corrected chi connectivity index (χ1v) is 8.62.